The maximum absolute atomic E-state index is 4.41. The van der Waals surface area contributed by atoms with E-state index in [1.807, 2.05) is 7.05 Å². The van der Waals surface area contributed by atoms with Gasteiger partial charge in [-0.1, -0.05) is 25.1 Å². The Kier molecular flexibility index (Phi) is 7.81. The highest BCUT2D eigenvalue weighted by Crippen LogP contribution is 2.19. The number of nitrogens with zero attached hydrogens (tertiary/aromatic N) is 3. The maximum atomic E-state index is 4.41. The number of para-hydroxylation sites is 1. The fourth-order valence-corrected chi connectivity index (χ4v) is 4.30. The standard InChI is InChI=1S/C22H37N5/c1-19-9-8-15-26(17-19)14-7-6-13-24-22(23-2)25-20-12-16-27(18-20)21-10-4-3-5-11-21/h3-5,10-11,19-20H,6-9,12-18H2,1-2H3,(H2,23,24,25). The Morgan fingerprint density at radius 3 is 2.74 bits per heavy atom. The van der Waals surface area contributed by atoms with E-state index in [9.17, 15) is 0 Å². The zero-order chi connectivity index (χ0) is 18.9. The number of anilines is 1. The minimum absolute atomic E-state index is 0.464. The van der Waals surface area contributed by atoms with Crippen molar-refractivity contribution < 1.29 is 0 Å². The van der Waals surface area contributed by atoms with Crippen LogP contribution in [-0.2, 0) is 0 Å². The van der Waals surface area contributed by atoms with Gasteiger partial charge in [-0.2, -0.15) is 0 Å². The van der Waals surface area contributed by atoms with E-state index in [1.165, 1.54) is 51.0 Å². The topological polar surface area (TPSA) is 42.9 Å². The van der Waals surface area contributed by atoms with E-state index < -0.39 is 0 Å². The SMILES string of the molecule is CN=C(NCCCCN1CCCC(C)C1)NC1CCN(c2ccccc2)C1. The largest absolute Gasteiger partial charge is 0.369 e. The van der Waals surface area contributed by atoms with Crippen LogP contribution in [0.5, 0.6) is 0 Å². The van der Waals surface area contributed by atoms with Crippen LogP contribution in [0.2, 0.25) is 0 Å². The first-order valence-corrected chi connectivity index (χ1v) is 10.7. The summed E-state index contributed by atoms with van der Waals surface area (Å²) in [6.07, 6.45) is 6.40. The maximum Gasteiger partial charge on any atom is 0.191 e. The molecule has 5 heteroatoms. The number of likely N-dealkylation sites (tertiary alicyclic amines) is 1. The van der Waals surface area contributed by atoms with Crippen LogP contribution in [0.4, 0.5) is 5.69 Å². The summed E-state index contributed by atoms with van der Waals surface area (Å²) in [5, 5.41) is 7.10. The molecule has 0 aromatic heterocycles. The average Bonchev–Trinajstić information content (AvgIpc) is 3.16. The zero-order valence-corrected chi connectivity index (χ0v) is 17.2. The van der Waals surface area contributed by atoms with E-state index in [4.69, 9.17) is 0 Å². The van der Waals surface area contributed by atoms with Gasteiger partial charge in [0, 0.05) is 45.0 Å². The van der Waals surface area contributed by atoms with Crippen LogP contribution in [-0.4, -0.2) is 63.2 Å². The Labute approximate surface area is 165 Å². The fraction of sp³-hybridized carbons (Fsp3) is 0.682. The predicted molar refractivity (Wildman–Crippen MR) is 116 cm³/mol. The second kappa shape index (κ2) is 10.5. The highest BCUT2D eigenvalue weighted by molar-refractivity contribution is 5.80. The van der Waals surface area contributed by atoms with E-state index >= 15 is 0 Å². The summed E-state index contributed by atoms with van der Waals surface area (Å²) in [4.78, 5) is 9.50. The van der Waals surface area contributed by atoms with Crippen LogP contribution >= 0.6 is 0 Å². The molecule has 0 radical (unpaired) electrons. The van der Waals surface area contributed by atoms with Crippen LogP contribution in [0.3, 0.4) is 0 Å². The summed E-state index contributed by atoms with van der Waals surface area (Å²) >= 11 is 0. The van der Waals surface area contributed by atoms with Crippen molar-refractivity contribution in [2.24, 2.45) is 10.9 Å². The van der Waals surface area contributed by atoms with Crippen LogP contribution in [0.15, 0.2) is 35.3 Å². The minimum atomic E-state index is 0.464. The van der Waals surface area contributed by atoms with Gasteiger partial charge in [-0.15, -0.1) is 0 Å². The third-order valence-electron chi connectivity index (χ3n) is 5.81. The van der Waals surface area contributed by atoms with E-state index in [-0.39, 0.29) is 0 Å². The molecule has 1 aromatic rings. The lowest BCUT2D eigenvalue weighted by Gasteiger charge is -2.30. The number of nitrogens with one attached hydrogen (secondary N) is 2. The van der Waals surface area contributed by atoms with Crippen molar-refractivity contribution in [2.45, 2.75) is 45.1 Å². The van der Waals surface area contributed by atoms with Crippen LogP contribution in [0.1, 0.15) is 39.0 Å². The average molecular weight is 372 g/mol. The molecule has 0 saturated carbocycles. The van der Waals surface area contributed by atoms with Crippen LogP contribution in [0.25, 0.3) is 0 Å². The molecule has 0 spiro atoms. The normalized spacial score (nSPS) is 24.2. The Morgan fingerprint density at radius 1 is 1.11 bits per heavy atom. The molecule has 0 aliphatic carbocycles. The van der Waals surface area contributed by atoms with Crippen molar-refractivity contribution in [3.8, 4) is 0 Å². The van der Waals surface area contributed by atoms with Gasteiger partial charge >= 0.3 is 0 Å². The van der Waals surface area contributed by atoms with Crippen molar-refractivity contribution in [1.82, 2.24) is 15.5 Å². The van der Waals surface area contributed by atoms with Gasteiger partial charge in [0.15, 0.2) is 5.96 Å². The Morgan fingerprint density at radius 2 is 1.96 bits per heavy atom. The molecule has 2 atom stereocenters. The minimum Gasteiger partial charge on any atom is -0.369 e. The van der Waals surface area contributed by atoms with Gasteiger partial charge in [-0.25, -0.2) is 0 Å². The summed E-state index contributed by atoms with van der Waals surface area (Å²) in [5.74, 6) is 1.82. The monoisotopic (exact) mass is 371 g/mol. The molecule has 1 aromatic carbocycles. The number of piperidine rings is 1. The molecule has 0 bridgehead atoms. The molecular weight excluding hydrogens is 334 g/mol. The number of guanidine groups is 1. The Bertz CT molecular complexity index is 573. The molecule has 2 fully saturated rings. The molecule has 3 rings (SSSR count). The van der Waals surface area contributed by atoms with Gasteiger partial charge in [-0.05, 0) is 63.2 Å². The number of rotatable bonds is 7. The number of aliphatic imine (C=N–C) groups is 1. The second-order valence-electron chi connectivity index (χ2n) is 8.17. The van der Waals surface area contributed by atoms with E-state index in [2.05, 4.69) is 62.7 Å². The van der Waals surface area contributed by atoms with Gasteiger partial charge in [0.25, 0.3) is 0 Å². The van der Waals surface area contributed by atoms with Crippen LogP contribution in [0, 0.1) is 5.92 Å². The number of unbranched alkanes of at least 4 members (excludes halogenated alkanes) is 1. The van der Waals surface area contributed by atoms with Gasteiger partial charge in [-0.3, -0.25) is 4.99 Å². The molecule has 5 nitrogen and oxygen atoms in total. The number of benzene rings is 1. The van der Waals surface area contributed by atoms with Gasteiger partial charge in [0.2, 0.25) is 0 Å². The molecule has 150 valence electrons. The Hall–Kier alpha value is -1.75. The first kappa shape index (κ1) is 20.0. The highest BCUT2D eigenvalue weighted by atomic mass is 15.2. The summed E-state index contributed by atoms with van der Waals surface area (Å²) in [5.41, 5.74) is 1.32. The molecule has 2 aliphatic rings. The third-order valence-corrected chi connectivity index (χ3v) is 5.81. The quantitative estimate of drug-likeness (QED) is 0.439. The number of hydrogen-bond acceptors (Lipinski definition) is 3. The number of hydrogen-bond donors (Lipinski definition) is 2. The van der Waals surface area contributed by atoms with Crippen molar-refractivity contribution in [3.63, 3.8) is 0 Å². The second-order valence-corrected chi connectivity index (χ2v) is 8.17. The van der Waals surface area contributed by atoms with Gasteiger partial charge in [0.1, 0.15) is 0 Å². The summed E-state index contributed by atoms with van der Waals surface area (Å²) < 4.78 is 0. The molecule has 2 unspecified atom stereocenters. The predicted octanol–water partition coefficient (Wildman–Crippen LogP) is 2.94. The lowest BCUT2D eigenvalue weighted by molar-refractivity contribution is 0.181. The molecular formula is C22H37N5. The molecule has 2 heterocycles. The molecule has 2 aliphatic heterocycles. The third kappa shape index (κ3) is 6.42. The zero-order valence-electron chi connectivity index (χ0n) is 17.2. The fourth-order valence-electron chi connectivity index (χ4n) is 4.30. The van der Waals surface area contributed by atoms with Gasteiger partial charge < -0.3 is 20.4 Å². The summed E-state index contributed by atoms with van der Waals surface area (Å²) in [6, 6.07) is 11.2. The van der Waals surface area contributed by atoms with Crippen molar-refractivity contribution in [1.29, 1.82) is 0 Å². The lowest BCUT2D eigenvalue weighted by atomic mass is 10.0. The van der Waals surface area contributed by atoms with E-state index in [1.54, 1.807) is 0 Å². The molecule has 27 heavy (non-hydrogen) atoms. The molecule has 2 N–H and O–H groups in total. The van der Waals surface area contributed by atoms with Crippen molar-refractivity contribution >= 4 is 11.6 Å². The van der Waals surface area contributed by atoms with Crippen molar-refractivity contribution in [3.05, 3.63) is 30.3 Å². The highest BCUT2D eigenvalue weighted by Gasteiger charge is 2.23. The lowest BCUT2D eigenvalue weighted by Crippen LogP contribution is -2.45. The van der Waals surface area contributed by atoms with Crippen molar-refractivity contribution in [2.75, 3.05) is 51.2 Å². The van der Waals surface area contributed by atoms with Gasteiger partial charge in [0.05, 0.1) is 0 Å². The van der Waals surface area contributed by atoms with Crippen LogP contribution < -0.4 is 15.5 Å². The van der Waals surface area contributed by atoms with E-state index in [0.29, 0.717) is 6.04 Å². The smallest absolute Gasteiger partial charge is 0.191 e. The summed E-state index contributed by atoms with van der Waals surface area (Å²) in [7, 11) is 1.87. The van der Waals surface area contributed by atoms with E-state index in [0.717, 1.165) is 37.9 Å². The summed E-state index contributed by atoms with van der Waals surface area (Å²) in [6.45, 7) is 9.35. The first-order chi connectivity index (χ1) is 13.2. The first-order valence-electron chi connectivity index (χ1n) is 10.7. The Balaban J connectivity index is 1.30. The molecule has 0 amide bonds. The molecule has 2 saturated heterocycles.